The Balaban J connectivity index is 0.000000758. The molecule has 0 radical (unpaired) electrons. The zero-order valence-electron chi connectivity index (χ0n) is 14.1. The highest BCUT2D eigenvalue weighted by molar-refractivity contribution is 5.79. The first-order valence-corrected chi connectivity index (χ1v) is 8.45. The van der Waals surface area contributed by atoms with Gasteiger partial charge in [-0.1, -0.05) is 6.42 Å². The second kappa shape index (κ2) is 8.97. The average Bonchev–Trinajstić information content (AvgIpc) is 3.09. The predicted molar refractivity (Wildman–Crippen MR) is 83.9 cm³/mol. The van der Waals surface area contributed by atoms with Gasteiger partial charge in [0.15, 0.2) is 0 Å². The van der Waals surface area contributed by atoms with E-state index >= 15 is 0 Å². The van der Waals surface area contributed by atoms with Crippen molar-refractivity contribution in [3.63, 3.8) is 0 Å². The van der Waals surface area contributed by atoms with Crippen LogP contribution in [-0.2, 0) is 22.3 Å². The van der Waals surface area contributed by atoms with Crippen molar-refractivity contribution >= 4 is 12.4 Å². The zero-order chi connectivity index (χ0) is 19.2. The summed E-state index contributed by atoms with van der Waals surface area (Å²) in [5, 5.41) is 14.9. The van der Waals surface area contributed by atoms with Crippen molar-refractivity contribution < 1.29 is 27.9 Å². The average molecular weight is 377 g/mol. The minimum atomic E-state index is -4.58. The molecular formula is C15H22F3N5O3. The maximum absolute atomic E-state index is 12.4. The molecule has 1 aromatic heterocycles. The number of aromatic amines is 1. The van der Waals surface area contributed by atoms with Crippen LogP contribution in [0.1, 0.15) is 43.8 Å². The standard InChI is InChI=1S/C14H20F3N5O.CH2O2/c15-14(16,17)13-19-11(20-21-13)8-18-12(23)9-4-3-7-22-6-2-1-5-10(9)22;2-1-3/h9-10H,1-8H2,(H,18,23)(H,19,20,21);1H,(H,2,3)/t9-,10-;/m1./s1. The first kappa shape index (κ1) is 20.1. The number of carbonyl (C=O) groups is 2. The van der Waals surface area contributed by atoms with Gasteiger partial charge in [0.05, 0.1) is 12.5 Å². The molecule has 2 saturated heterocycles. The van der Waals surface area contributed by atoms with Crippen molar-refractivity contribution in [2.45, 2.75) is 50.9 Å². The summed E-state index contributed by atoms with van der Waals surface area (Å²) in [5.74, 6) is -1.39. The normalized spacial score (nSPS) is 23.3. The monoisotopic (exact) mass is 377 g/mol. The van der Waals surface area contributed by atoms with E-state index in [-0.39, 0.29) is 36.7 Å². The first-order valence-electron chi connectivity index (χ1n) is 8.45. The summed E-state index contributed by atoms with van der Waals surface area (Å²) in [5.41, 5.74) is 0. The first-order chi connectivity index (χ1) is 12.4. The molecule has 2 fully saturated rings. The minimum Gasteiger partial charge on any atom is -0.483 e. The number of nitrogens with one attached hydrogen (secondary N) is 2. The van der Waals surface area contributed by atoms with Gasteiger partial charge in [-0.25, -0.2) is 4.98 Å². The fraction of sp³-hybridized carbons (Fsp3) is 0.733. The van der Waals surface area contributed by atoms with Crippen molar-refractivity contribution in [2.24, 2.45) is 5.92 Å². The highest BCUT2D eigenvalue weighted by atomic mass is 19.4. The van der Waals surface area contributed by atoms with Crippen LogP contribution in [0.4, 0.5) is 13.2 Å². The maximum Gasteiger partial charge on any atom is 0.453 e. The number of H-pyrrole nitrogens is 1. The number of rotatable bonds is 3. The Morgan fingerprint density at radius 3 is 2.65 bits per heavy atom. The number of halogens is 3. The van der Waals surface area contributed by atoms with Crippen LogP contribution in [0.25, 0.3) is 0 Å². The van der Waals surface area contributed by atoms with Gasteiger partial charge in [0.2, 0.25) is 5.91 Å². The highest BCUT2D eigenvalue weighted by Crippen LogP contribution is 2.31. The van der Waals surface area contributed by atoms with Crippen LogP contribution in [0, 0.1) is 5.92 Å². The van der Waals surface area contributed by atoms with E-state index in [0.717, 1.165) is 38.8 Å². The van der Waals surface area contributed by atoms with E-state index in [1.54, 1.807) is 0 Å². The van der Waals surface area contributed by atoms with E-state index in [4.69, 9.17) is 9.90 Å². The predicted octanol–water partition coefficient (Wildman–Crippen LogP) is 1.40. The van der Waals surface area contributed by atoms with Crippen LogP contribution in [-0.4, -0.2) is 56.7 Å². The van der Waals surface area contributed by atoms with Gasteiger partial charge >= 0.3 is 6.18 Å². The van der Waals surface area contributed by atoms with Crippen LogP contribution >= 0.6 is 0 Å². The Morgan fingerprint density at radius 2 is 2.00 bits per heavy atom. The van der Waals surface area contributed by atoms with Gasteiger partial charge in [-0.05, 0) is 38.8 Å². The molecule has 2 aliphatic rings. The molecule has 2 aliphatic heterocycles. The largest absolute Gasteiger partial charge is 0.483 e. The van der Waals surface area contributed by atoms with Gasteiger partial charge in [-0.15, -0.1) is 5.10 Å². The summed E-state index contributed by atoms with van der Waals surface area (Å²) < 4.78 is 37.3. The molecule has 0 saturated carbocycles. The Morgan fingerprint density at radius 1 is 1.31 bits per heavy atom. The van der Waals surface area contributed by atoms with Gasteiger partial charge in [0, 0.05) is 6.04 Å². The summed E-state index contributed by atoms with van der Waals surface area (Å²) in [6, 6.07) is 0.262. The van der Waals surface area contributed by atoms with Crippen molar-refractivity contribution in [3.05, 3.63) is 11.6 Å². The Labute approximate surface area is 148 Å². The zero-order valence-corrected chi connectivity index (χ0v) is 14.1. The number of carboxylic acid groups (broad SMARTS) is 1. The van der Waals surface area contributed by atoms with Crippen LogP contribution in [0.3, 0.4) is 0 Å². The van der Waals surface area contributed by atoms with E-state index in [1.807, 2.05) is 0 Å². The lowest BCUT2D eigenvalue weighted by Crippen LogP contribution is -2.52. The summed E-state index contributed by atoms with van der Waals surface area (Å²) in [6.45, 7) is 1.75. The lowest BCUT2D eigenvalue weighted by Gasteiger charge is -2.43. The molecule has 2 atom stereocenters. The smallest absolute Gasteiger partial charge is 0.453 e. The molecule has 26 heavy (non-hydrogen) atoms. The molecule has 0 bridgehead atoms. The number of amides is 1. The number of carbonyl (C=O) groups excluding carboxylic acids is 1. The van der Waals surface area contributed by atoms with E-state index in [0.29, 0.717) is 0 Å². The number of alkyl halides is 3. The van der Waals surface area contributed by atoms with Crippen LogP contribution in [0.2, 0.25) is 0 Å². The van der Waals surface area contributed by atoms with Gasteiger partial charge in [0.25, 0.3) is 12.3 Å². The SMILES string of the molecule is O=C(NCc1nc(C(F)(F)F)n[nH]1)[C@@H]1CCCN2CCCC[C@H]12.O=CO. The highest BCUT2D eigenvalue weighted by Gasteiger charge is 2.38. The Bertz CT molecular complexity index is 606. The van der Waals surface area contributed by atoms with E-state index in [1.165, 1.54) is 6.42 Å². The summed E-state index contributed by atoms with van der Waals surface area (Å²) in [4.78, 5) is 26.5. The molecule has 1 aromatic rings. The molecule has 8 nitrogen and oxygen atoms in total. The second-order valence-electron chi connectivity index (χ2n) is 6.27. The van der Waals surface area contributed by atoms with Crippen molar-refractivity contribution in [3.8, 4) is 0 Å². The minimum absolute atomic E-state index is 0.0157. The van der Waals surface area contributed by atoms with E-state index < -0.39 is 12.0 Å². The van der Waals surface area contributed by atoms with Crippen LogP contribution in [0.15, 0.2) is 0 Å². The molecule has 1 amide bonds. The van der Waals surface area contributed by atoms with Gasteiger partial charge < -0.3 is 10.4 Å². The maximum atomic E-state index is 12.4. The van der Waals surface area contributed by atoms with Crippen LogP contribution < -0.4 is 5.32 Å². The number of fused-ring (bicyclic) bond motifs is 1. The lowest BCUT2D eigenvalue weighted by atomic mass is 9.83. The molecule has 0 unspecified atom stereocenters. The second-order valence-corrected chi connectivity index (χ2v) is 6.27. The third-order valence-electron chi connectivity index (χ3n) is 4.64. The number of piperidine rings is 2. The summed E-state index contributed by atoms with van der Waals surface area (Å²) in [6.07, 6.45) is 0.542. The number of aromatic nitrogens is 3. The molecule has 3 rings (SSSR count). The molecule has 0 spiro atoms. The van der Waals surface area contributed by atoms with Gasteiger partial charge in [-0.3, -0.25) is 19.6 Å². The molecule has 0 aromatic carbocycles. The topological polar surface area (TPSA) is 111 Å². The quantitative estimate of drug-likeness (QED) is 0.687. The van der Waals surface area contributed by atoms with E-state index in [2.05, 4.69) is 25.4 Å². The molecule has 146 valence electrons. The number of hydrogen-bond donors (Lipinski definition) is 3. The van der Waals surface area contributed by atoms with Crippen LogP contribution in [0.5, 0.6) is 0 Å². The molecule has 0 aliphatic carbocycles. The fourth-order valence-corrected chi connectivity index (χ4v) is 3.57. The fourth-order valence-electron chi connectivity index (χ4n) is 3.57. The van der Waals surface area contributed by atoms with Crippen molar-refractivity contribution in [1.82, 2.24) is 25.4 Å². The Kier molecular flexibility index (Phi) is 6.95. The molecule has 3 N–H and O–H groups in total. The van der Waals surface area contributed by atoms with Crippen molar-refractivity contribution in [2.75, 3.05) is 13.1 Å². The number of hydrogen-bond acceptors (Lipinski definition) is 5. The molecular weight excluding hydrogens is 355 g/mol. The third kappa shape index (κ3) is 5.16. The molecule has 11 heteroatoms. The Hall–Kier alpha value is -2.17. The van der Waals surface area contributed by atoms with Crippen molar-refractivity contribution in [1.29, 1.82) is 0 Å². The van der Waals surface area contributed by atoms with Gasteiger partial charge in [-0.2, -0.15) is 13.2 Å². The summed E-state index contributed by atoms with van der Waals surface area (Å²) in [7, 11) is 0. The lowest BCUT2D eigenvalue weighted by molar-refractivity contribution is -0.144. The van der Waals surface area contributed by atoms with E-state index in [9.17, 15) is 18.0 Å². The van der Waals surface area contributed by atoms with Gasteiger partial charge in [0.1, 0.15) is 5.82 Å². The third-order valence-corrected chi connectivity index (χ3v) is 4.64. The molecule has 3 heterocycles. The number of nitrogens with zero attached hydrogens (tertiary/aromatic N) is 3. The summed E-state index contributed by atoms with van der Waals surface area (Å²) >= 11 is 0.